The Morgan fingerprint density at radius 2 is 1.73 bits per heavy atom. The molecule has 2 bridgehead atoms. The molecule has 1 saturated carbocycles. The normalized spacial score (nSPS) is 35.6. The van der Waals surface area contributed by atoms with Gasteiger partial charge in [0.05, 0.1) is 38.7 Å². The van der Waals surface area contributed by atoms with Gasteiger partial charge in [0.25, 0.3) is 0 Å². The number of aldehydes is 1. The molecule has 2 unspecified atom stereocenters. The largest absolute Gasteiger partial charge is 0.496 e. The van der Waals surface area contributed by atoms with Crippen molar-refractivity contribution in [1.29, 1.82) is 0 Å². The lowest BCUT2D eigenvalue weighted by Crippen LogP contribution is -2.81. The SMILES string of the molecule is CC[C@]1(O)C[C@H]2CN(CCc3c([nH]c4ccc(C=O)cc34)[C@@](C(=O)OC)(c3cc4c(cc3OC)N(C=O)C3[C@]45CCN4CC=C[C@@](CC)([C@@H](OC(C)=O)[C@]3(O)C(=O)OC)[C@H]45)C2)C1. The Balaban J connectivity index is 1.39. The highest BCUT2D eigenvalue weighted by Crippen LogP contribution is 2.68. The number of amides is 1. The average molecular weight is 853 g/mol. The Morgan fingerprint density at radius 3 is 2.39 bits per heavy atom. The van der Waals surface area contributed by atoms with Crippen molar-refractivity contribution in [3.05, 3.63) is 70.4 Å². The number of nitrogens with one attached hydrogen (secondary N) is 1. The van der Waals surface area contributed by atoms with E-state index in [0.29, 0.717) is 99.3 Å². The topological polar surface area (TPSA) is 188 Å². The average Bonchev–Trinajstić information content (AvgIpc) is 3.95. The van der Waals surface area contributed by atoms with Crippen LogP contribution in [0.3, 0.4) is 0 Å². The second-order valence-electron chi connectivity index (χ2n) is 18.5. The van der Waals surface area contributed by atoms with E-state index >= 15 is 4.79 Å². The molecule has 6 aliphatic rings. The first-order valence-corrected chi connectivity index (χ1v) is 21.7. The molecule has 330 valence electrons. The Kier molecular flexibility index (Phi) is 10.0. The highest BCUT2D eigenvalue weighted by atomic mass is 16.6. The first kappa shape index (κ1) is 42.2. The second-order valence-corrected chi connectivity index (χ2v) is 18.5. The number of hydrogen-bond acceptors (Lipinski definition) is 13. The van der Waals surface area contributed by atoms with Crippen LogP contribution >= 0.6 is 0 Å². The molecule has 2 saturated heterocycles. The summed E-state index contributed by atoms with van der Waals surface area (Å²) in [6, 6.07) is 7.21. The van der Waals surface area contributed by atoms with E-state index in [0.717, 1.165) is 29.9 Å². The van der Waals surface area contributed by atoms with Crippen LogP contribution in [-0.4, -0.2) is 139 Å². The number of rotatable bonds is 9. The van der Waals surface area contributed by atoms with Crippen LogP contribution in [0.1, 0.15) is 85.6 Å². The molecule has 6 heterocycles. The lowest BCUT2D eigenvalue weighted by atomic mass is 9.47. The van der Waals surface area contributed by atoms with E-state index < -0.39 is 63.5 Å². The lowest BCUT2D eigenvalue weighted by molar-refractivity contribution is -0.228. The van der Waals surface area contributed by atoms with Gasteiger partial charge in [-0.05, 0) is 86.4 Å². The van der Waals surface area contributed by atoms with Crippen LogP contribution in [-0.2, 0) is 50.6 Å². The fraction of sp³-hybridized carbons (Fsp3) is 0.553. The quantitative estimate of drug-likeness (QED) is 0.123. The smallest absolute Gasteiger partial charge is 0.344 e. The number of aliphatic hydroxyl groups is 2. The predicted molar refractivity (Wildman–Crippen MR) is 226 cm³/mol. The van der Waals surface area contributed by atoms with Crippen LogP contribution < -0.4 is 9.64 Å². The number of ether oxygens (including phenoxy) is 4. The molecule has 3 aromatic rings. The Labute approximate surface area is 360 Å². The van der Waals surface area contributed by atoms with Gasteiger partial charge in [0, 0.05) is 83.8 Å². The fourth-order valence-corrected chi connectivity index (χ4v) is 13.5. The summed E-state index contributed by atoms with van der Waals surface area (Å²) in [4.78, 5) is 78.3. The third kappa shape index (κ3) is 5.46. The summed E-state index contributed by atoms with van der Waals surface area (Å²) < 4.78 is 23.7. The van der Waals surface area contributed by atoms with Crippen molar-refractivity contribution in [2.24, 2.45) is 11.3 Å². The second kappa shape index (κ2) is 14.7. The molecule has 5 aliphatic heterocycles. The zero-order valence-electron chi connectivity index (χ0n) is 36.2. The van der Waals surface area contributed by atoms with E-state index in [4.69, 9.17) is 18.9 Å². The monoisotopic (exact) mass is 852 g/mol. The van der Waals surface area contributed by atoms with Crippen LogP contribution in [0.15, 0.2) is 42.5 Å². The van der Waals surface area contributed by atoms with Gasteiger partial charge in [-0.25, -0.2) is 4.79 Å². The van der Waals surface area contributed by atoms with Crippen LogP contribution in [0.4, 0.5) is 5.69 Å². The van der Waals surface area contributed by atoms with Crippen molar-refractivity contribution in [2.75, 3.05) is 59.0 Å². The summed E-state index contributed by atoms with van der Waals surface area (Å²) in [6.07, 6.45) is 6.22. The molecule has 2 aromatic carbocycles. The predicted octanol–water partition coefficient (Wildman–Crippen LogP) is 3.33. The van der Waals surface area contributed by atoms with Crippen molar-refractivity contribution in [3.8, 4) is 5.75 Å². The van der Waals surface area contributed by atoms with E-state index in [9.17, 15) is 29.4 Å². The molecule has 10 atom stereocenters. The van der Waals surface area contributed by atoms with Crippen molar-refractivity contribution in [2.45, 2.75) is 99.5 Å². The van der Waals surface area contributed by atoms with Crippen molar-refractivity contribution >= 4 is 47.2 Å². The van der Waals surface area contributed by atoms with Gasteiger partial charge in [-0.1, -0.05) is 26.0 Å². The molecule has 3 fully saturated rings. The maximum Gasteiger partial charge on any atom is 0.344 e. The Morgan fingerprint density at radius 1 is 0.952 bits per heavy atom. The van der Waals surface area contributed by atoms with Gasteiger partial charge in [0.2, 0.25) is 12.0 Å². The van der Waals surface area contributed by atoms with E-state index in [-0.39, 0.29) is 18.1 Å². The Bertz CT molecular complexity index is 2410. The standard InChI is InChI=1S/C47H56N4O11/c1-7-43(57)21-29-22-46(41(55)60-5,37-30(12-16-49(23-29)25-43)31-18-28(24-52)10-11-34(31)48-37)33-19-32-35(20-36(33)59-4)51(26-53)39-45(32)14-17-50-15-9-13-44(8-2,38(45)50)40(62-27(3)54)47(39,58)42(56)61-6/h9-11,13,18-20,24,26,29,38-40,48,57-58H,7-8,12,14-17,21-23,25H2,1-6H3/t29-,38+,39?,40-,43+,44-,45-,46+,47+/m1/s1. The molecule has 9 rings (SSSR count). The number of piperidine rings is 1. The van der Waals surface area contributed by atoms with Gasteiger partial charge in [-0.15, -0.1) is 0 Å². The summed E-state index contributed by atoms with van der Waals surface area (Å²) in [5.74, 6) is -2.28. The van der Waals surface area contributed by atoms with Crippen molar-refractivity contribution < 1.29 is 53.1 Å². The number of H-pyrrole nitrogens is 1. The fourth-order valence-electron chi connectivity index (χ4n) is 13.5. The van der Waals surface area contributed by atoms with E-state index in [1.165, 1.54) is 26.0 Å². The molecule has 3 N–H and O–H groups in total. The van der Waals surface area contributed by atoms with Crippen molar-refractivity contribution in [1.82, 2.24) is 14.8 Å². The van der Waals surface area contributed by atoms with E-state index in [1.807, 2.05) is 44.2 Å². The first-order valence-electron chi connectivity index (χ1n) is 21.7. The minimum absolute atomic E-state index is 0.194. The molecule has 1 amide bonds. The zero-order chi connectivity index (χ0) is 44.1. The number of nitrogens with zero attached hydrogens (tertiary/aromatic N) is 3. The molecule has 62 heavy (non-hydrogen) atoms. The van der Waals surface area contributed by atoms with E-state index in [1.54, 1.807) is 12.1 Å². The minimum atomic E-state index is -2.56. The highest BCUT2D eigenvalue weighted by Gasteiger charge is 2.81. The lowest BCUT2D eigenvalue weighted by Gasteiger charge is -2.63. The minimum Gasteiger partial charge on any atom is -0.496 e. The Hall–Kier alpha value is -5.09. The molecular weight excluding hydrogens is 797 g/mol. The number of benzene rings is 2. The van der Waals surface area contributed by atoms with Gasteiger partial charge in [-0.3, -0.25) is 29.0 Å². The maximum atomic E-state index is 15.4. The summed E-state index contributed by atoms with van der Waals surface area (Å²) >= 11 is 0. The zero-order valence-corrected chi connectivity index (χ0v) is 36.2. The van der Waals surface area contributed by atoms with Crippen LogP contribution in [0.25, 0.3) is 10.9 Å². The number of hydrogen-bond donors (Lipinski definition) is 3. The number of methoxy groups -OCH3 is 3. The van der Waals surface area contributed by atoms with Crippen LogP contribution in [0.5, 0.6) is 5.75 Å². The summed E-state index contributed by atoms with van der Waals surface area (Å²) in [7, 11) is 4.01. The summed E-state index contributed by atoms with van der Waals surface area (Å²) in [5.41, 5.74) is -3.46. The van der Waals surface area contributed by atoms with Gasteiger partial charge < -0.3 is 39.0 Å². The highest BCUT2D eigenvalue weighted by molar-refractivity contribution is 5.97. The number of fused-ring (bicyclic) bond motifs is 6. The molecule has 1 aliphatic carbocycles. The molecule has 0 radical (unpaired) electrons. The van der Waals surface area contributed by atoms with Gasteiger partial charge in [0.15, 0.2) is 6.10 Å². The van der Waals surface area contributed by atoms with Gasteiger partial charge in [0.1, 0.15) is 17.5 Å². The number of aromatic nitrogens is 1. The summed E-state index contributed by atoms with van der Waals surface area (Å²) in [6.45, 7) is 7.85. The molecule has 15 nitrogen and oxygen atoms in total. The maximum absolute atomic E-state index is 15.4. The number of esters is 3. The van der Waals surface area contributed by atoms with Gasteiger partial charge in [-0.2, -0.15) is 0 Å². The molecule has 1 spiro atoms. The van der Waals surface area contributed by atoms with Gasteiger partial charge >= 0.3 is 17.9 Å². The molecule has 15 heteroatoms. The number of aromatic amines is 1. The molecular formula is C47H56N4O11. The van der Waals surface area contributed by atoms with Crippen LogP contribution in [0.2, 0.25) is 0 Å². The third-order valence-corrected chi connectivity index (χ3v) is 15.8. The van der Waals surface area contributed by atoms with Crippen LogP contribution in [0, 0.1) is 11.3 Å². The number of anilines is 1. The van der Waals surface area contributed by atoms with Crippen molar-refractivity contribution in [3.63, 3.8) is 0 Å². The molecule has 1 aromatic heterocycles. The number of carbonyl (C=O) groups is 5. The number of carbonyl (C=O) groups excluding carboxylic acids is 5. The summed E-state index contributed by atoms with van der Waals surface area (Å²) in [5, 5.41) is 26.1. The van der Waals surface area contributed by atoms with E-state index in [2.05, 4.69) is 14.8 Å². The first-order chi connectivity index (χ1) is 29.7. The third-order valence-electron chi connectivity index (χ3n) is 15.8.